The molecule has 0 spiro atoms. The van der Waals surface area contributed by atoms with Crippen LogP contribution in [-0.4, -0.2) is 93.2 Å². The number of fused-ring (bicyclic) bond motifs is 1. The highest BCUT2D eigenvalue weighted by Gasteiger charge is 2.32. The second-order valence-corrected chi connectivity index (χ2v) is 5.97. The Bertz CT molecular complexity index is 463. The van der Waals surface area contributed by atoms with Crippen molar-refractivity contribution < 1.29 is 4.79 Å². The number of rotatable bonds is 4. The molecule has 2 saturated heterocycles. The molecule has 0 bridgehead atoms. The highest BCUT2D eigenvalue weighted by molar-refractivity contribution is 5.76. The number of amides is 1. The molecule has 0 aliphatic carbocycles. The molecule has 1 amide bonds. The Morgan fingerprint density at radius 1 is 1.24 bits per heavy atom. The Kier molecular flexibility index (Phi) is 4.45. The molecule has 3 rings (SSSR count). The van der Waals surface area contributed by atoms with E-state index in [-0.39, 0.29) is 5.91 Å². The predicted octanol–water partition coefficient (Wildman–Crippen LogP) is -1.09. The topological polar surface area (TPSA) is 70.4 Å². The van der Waals surface area contributed by atoms with Gasteiger partial charge in [0.25, 0.3) is 0 Å². The van der Waals surface area contributed by atoms with Gasteiger partial charge >= 0.3 is 0 Å². The molecule has 2 fully saturated rings. The SMILES string of the molecule is CN1CCN2CCN(C(=O)CCCn3cnnn3)C[C@H]2C1. The molecule has 0 aromatic carbocycles. The van der Waals surface area contributed by atoms with E-state index in [1.165, 1.54) is 0 Å². The summed E-state index contributed by atoms with van der Waals surface area (Å²) in [6.45, 7) is 6.77. The summed E-state index contributed by atoms with van der Waals surface area (Å²) in [6, 6.07) is 0.501. The number of tetrazole rings is 1. The van der Waals surface area contributed by atoms with Crippen LogP contribution in [0.1, 0.15) is 12.8 Å². The van der Waals surface area contributed by atoms with E-state index in [0.717, 1.165) is 45.7 Å². The van der Waals surface area contributed by atoms with Crippen molar-refractivity contribution in [3.8, 4) is 0 Å². The first-order valence-corrected chi connectivity index (χ1v) is 7.63. The summed E-state index contributed by atoms with van der Waals surface area (Å²) in [5.74, 6) is 0.260. The van der Waals surface area contributed by atoms with E-state index in [1.807, 2.05) is 4.90 Å². The Morgan fingerprint density at radius 2 is 2.10 bits per heavy atom. The number of aromatic nitrogens is 4. The van der Waals surface area contributed by atoms with Gasteiger partial charge in [-0.25, -0.2) is 4.68 Å². The molecule has 0 radical (unpaired) electrons. The first-order chi connectivity index (χ1) is 10.2. The second-order valence-electron chi connectivity index (χ2n) is 5.97. The van der Waals surface area contributed by atoms with Gasteiger partial charge in [0.1, 0.15) is 6.33 Å². The van der Waals surface area contributed by atoms with Gasteiger partial charge in [0.15, 0.2) is 0 Å². The van der Waals surface area contributed by atoms with Crippen molar-refractivity contribution in [3.63, 3.8) is 0 Å². The predicted molar refractivity (Wildman–Crippen MR) is 76.5 cm³/mol. The molecule has 0 unspecified atom stereocenters. The molecule has 3 heterocycles. The summed E-state index contributed by atoms with van der Waals surface area (Å²) in [5, 5.41) is 11.0. The van der Waals surface area contributed by atoms with E-state index in [9.17, 15) is 4.79 Å². The summed E-state index contributed by atoms with van der Waals surface area (Å²) in [7, 11) is 2.16. The van der Waals surface area contributed by atoms with Gasteiger partial charge in [-0.1, -0.05) is 0 Å². The summed E-state index contributed by atoms with van der Waals surface area (Å²) in [5.41, 5.74) is 0. The van der Waals surface area contributed by atoms with Crippen LogP contribution < -0.4 is 0 Å². The van der Waals surface area contributed by atoms with E-state index in [4.69, 9.17) is 0 Å². The Balaban J connectivity index is 1.44. The molecule has 0 N–H and O–H groups in total. The minimum atomic E-state index is 0.260. The fraction of sp³-hybridized carbons (Fsp3) is 0.846. The van der Waals surface area contributed by atoms with E-state index < -0.39 is 0 Å². The fourth-order valence-electron chi connectivity index (χ4n) is 3.17. The first-order valence-electron chi connectivity index (χ1n) is 7.63. The zero-order valence-corrected chi connectivity index (χ0v) is 12.6. The van der Waals surface area contributed by atoms with Gasteiger partial charge in [0.2, 0.25) is 5.91 Å². The molecule has 1 aromatic rings. The molecular weight excluding hydrogens is 270 g/mol. The number of carbonyl (C=O) groups is 1. The van der Waals surface area contributed by atoms with Crippen LogP contribution in [0.5, 0.6) is 0 Å². The number of piperazine rings is 2. The lowest BCUT2D eigenvalue weighted by Crippen LogP contribution is -2.62. The van der Waals surface area contributed by atoms with E-state index >= 15 is 0 Å². The van der Waals surface area contributed by atoms with Crippen LogP contribution in [0.25, 0.3) is 0 Å². The summed E-state index contributed by atoms with van der Waals surface area (Å²) >= 11 is 0. The molecule has 8 nitrogen and oxygen atoms in total. The maximum atomic E-state index is 12.3. The van der Waals surface area contributed by atoms with Crippen molar-refractivity contribution in [2.45, 2.75) is 25.4 Å². The van der Waals surface area contributed by atoms with Crippen molar-refractivity contribution in [3.05, 3.63) is 6.33 Å². The molecule has 116 valence electrons. The van der Waals surface area contributed by atoms with Gasteiger partial charge < -0.3 is 9.80 Å². The zero-order valence-electron chi connectivity index (χ0n) is 12.6. The van der Waals surface area contributed by atoms with Crippen molar-refractivity contribution >= 4 is 5.91 Å². The minimum Gasteiger partial charge on any atom is -0.340 e. The molecule has 8 heteroatoms. The van der Waals surface area contributed by atoms with Gasteiger partial charge in [0, 0.05) is 58.3 Å². The van der Waals surface area contributed by atoms with E-state index in [2.05, 4.69) is 32.4 Å². The maximum absolute atomic E-state index is 12.3. The number of likely N-dealkylation sites (N-methyl/N-ethyl adjacent to an activating group) is 1. The smallest absolute Gasteiger partial charge is 0.222 e. The second kappa shape index (κ2) is 6.48. The Labute approximate surface area is 124 Å². The third kappa shape index (κ3) is 3.56. The number of hydrogen-bond acceptors (Lipinski definition) is 6. The third-order valence-corrected chi connectivity index (χ3v) is 4.42. The quantitative estimate of drug-likeness (QED) is 0.703. The zero-order chi connectivity index (χ0) is 14.7. The van der Waals surface area contributed by atoms with Gasteiger partial charge in [0.05, 0.1) is 0 Å². The normalized spacial score (nSPS) is 24.0. The van der Waals surface area contributed by atoms with Crippen LogP contribution in [0.4, 0.5) is 0 Å². The van der Waals surface area contributed by atoms with Crippen LogP contribution in [-0.2, 0) is 11.3 Å². The average Bonchev–Trinajstić information content (AvgIpc) is 2.99. The molecule has 21 heavy (non-hydrogen) atoms. The lowest BCUT2D eigenvalue weighted by molar-refractivity contribution is -0.135. The lowest BCUT2D eigenvalue weighted by Gasteiger charge is -2.46. The van der Waals surface area contributed by atoms with Crippen LogP contribution >= 0.6 is 0 Å². The Morgan fingerprint density at radius 3 is 2.90 bits per heavy atom. The minimum absolute atomic E-state index is 0.260. The highest BCUT2D eigenvalue weighted by Crippen LogP contribution is 2.15. The van der Waals surface area contributed by atoms with E-state index in [0.29, 0.717) is 19.0 Å². The van der Waals surface area contributed by atoms with E-state index in [1.54, 1.807) is 11.0 Å². The van der Waals surface area contributed by atoms with Crippen LogP contribution in [0, 0.1) is 0 Å². The lowest BCUT2D eigenvalue weighted by atomic mass is 10.1. The van der Waals surface area contributed by atoms with Crippen LogP contribution in [0.2, 0.25) is 0 Å². The first kappa shape index (κ1) is 14.4. The summed E-state index contributed by atoms with van der Waals surface area (Å²) in [6.07, 6.45) is 2.94. The van der Waals surface area contributed by atoms with Crippen molar-refractivity contribution in [1.29, 1.82) is 0 Å². The maximum Gasteiger partial charge on any atom is 0.222 e. The fourth-order valence-corrected chi connectivity index (χ4v) is 3.17. The summed E-state index contributed by atoms with van der Waals surface area (Å²) in [4.78, 5) is 19.2. The van der Waals surface area contributed by atoms with Gasteiger partial charge in [-0.2, -0.15) is 0 Å². The number of aryl methyl sites for hydroxylation is 1. The van der Waals surface area contributed by atoms with Gasteiger partial charge in [-0.05, 0) is 23.9 Å². The van der Waals surface area contributed by atoms with Gasteiger partial charge in [-0.15, -0.1) is 5.10 Å². The van der Waals surface area contributed by atoms with Crippen LogP contribution in [0.15, 0.2) is 6.33 Å². The average molecular weight is 293 g/mol. The molecular formula is C13H23N7O. The standard InChI is InChI=1S/C13H23N7O/c1-17-5-6-18-7-8-19(10-12(18)9-17)13(21)3-2-4-20-11-14-15-16-20/h11-12H,2-10H2,1H3/t12-/m1/s1. The van der Waals surface area contributed by atoms with Crippen LogP contribution in [0.3, 0.4) is 0 Å². The molecule has 2 aliphatic rings. The monoisotopic (exact) mass is 293 g/mol. The molecule has 1 aromatic heterocycles. The summed E-state index contributed by atoms with van der Waals surface area (Å²) < 4.78 is 1.67. The van der Waals surface area contributed by atoms with Crippen molar-refractivity contribution in [2.24, 2.45) is 0 Å². The molecule has 2 aliphatic heterocycles. The largest absolute Gasteiger partial charge is 0.340 e. The third-order valence-electron chi connectivity index (χ3n) is 4.42. The van der Waals surface area contributed by atoms with Crippen molar-refractivity contribution in [1.82, 2.24) is 34.9 Å². The van der Waals surface area contributed by atoms with Gasteiger partial charge in [-0.3, -0.25) is 9.69 Å². The highest BCUT2D eigenvalue weighted by atomic mass is 16.2. The van der Waals surface area contributed by atoms with Crippen molar-refractivity contribution in [2.75, 3.05) is 46.3 Å². The molecule has 0 saturated carbocycles. The number of nitrogens with zero attached hydrogens (tertiary/aromatic N) is 7. The molecule has 1 atom stereocenters. The number of hydrogen-bond donors (Lipinski definition) is 0. The number of carbonyl (C=O) groups excluding carboxylic acids is 1. The Hall–Kier alpha value is -1.54.